The van der Waals surface area contributed by atoms with E-state index in [1.165, 1.54) is 7.11 Å². The average Bonchev–Trinajstić information content (AvgIpc) is 3.12. The molecule has 168 valence electrons. The molecule has 1 heterocycles. The third kappa shape index (κ3) is 5.18. The summed E-state index contributed by atoms with van der Waals surface area (Å²) in [6.07, 6.45) is 0. The molecule has 3 aromatic rings. The zero-order valence-electron chi connectivity index (χ0n) is 18.2. The van der Waals surface area contributed by atoms with Crippen LogP contribution in [0.5, 0.6) is 11.5 Å². The van der Waals surface area contributed by atoms with E-state index in [4.69, 9.17) is 18.6 Å². The second-order valence-corrected chi connectivity index (χ2v) is 7.02. The number of nitrogens with one attached hydrogen (secondary N) is 2. The number of hydrogen-bond acceptors (Lipinski definition) is 7. The molecular weight excluding hydrogens is 416 g/mol. The molecule has 0 saturated carbocycles. The number of esters is 1. The third-order valence-corrected chi connectivity index (χ3v) is 4.74. The van der Waals surface area contributed by atoms with E-state index in [1.54, 1.807) is 44.4 Å². The van der Waals surface area contributed by atoms with Gasteiger partial charge in [-0.3, -0.25) is 9.59 Å². The highest BCUT2D eigenvalue weighted by atomic mass is 16.5. The van der Waals surface area contributed by atoms with E-state index < -0.39 is 24.4 Å². The van der Waals surface area contributed by atoms with Gasteiger partial charge in [0.15, 0.2) is 6.61 Å². The number of carbonyl (C=O) groups is 3. The predicted octanol–water partition coefficient (Wildman–Crippen LogP) is 2.98. The molecule has 0 saturated heterocycles. The fourth-order valence-electron chi connectivity index (χ4n) is 3.06. The normalized spacial score (nSPS) is 10.5. The molecule has 32 heavy (non-hydrogen) atoms. The van der Waals surface area contributed by atoms with Gasteiger partial charge in [0.2, 0.25) is 11.7 Å². The second kappa shape index (κ2) is 9.86. The summed E-state index contributed by atoms with van der Waals surface area (Å²) >= 11 is 0. The van der Waals surface area contributed by atoms with Crippen LogP contribution < -0.4 is 20.1 Å². The fourth-order valence-corrected chi connectivity index (χ4v) is 3.06. The number of anilines is 1. The van der Waals surface area contributed by atoms with E-state index in [1.807, 2.05) is 13.0 Å². The quantitative estimate of drug-likeness (QED) is 0.517. The average molecular weight is 440 g/mol. The molecule has 0 atom stereocenters. The SMILES string of the molecule is COc1ccc2oc(C(=O)OCC(=O)NCC(=O)Nc3cc(C)ccc3OC)c(C)c2c1. The molecule has 0 unspecified atom stereocenters. The van der Waals surface area contributed by atoms with Gasteiger partial charge in [-0.25, -0.2) is 4.79 Å². The van der Waals surface area contributed by atoms with Gasteiger partial charge in [-0.15, -0.1) is 0 Å². The fraction of sp³-hybridized carbons (Fsp3) is 0.261. The number of amides is 2. The molecule has 0 bridgehead atoms. The first-order valence-electron chi connectivity index (χ1n) is 9.77. The van der Waals surface area contributed by atoms with E-state index in [0.717, 1.165) is 5.56 Å². The van der Waals surface area contributed by atoms with Crippen molar-refractivity contribution in [1.29, 1.82) is 0 Å². The summed E-state index contributed by atoms with van der Waals surface area (Å²) in [4.78, 5) is 36.5. The van der Waals surface area contributed by atoms with Crippen LogP contribution in [0.4, 0.5) is 5.69 Å². The molecule has 0 aliphatic heterocycles. The summed E-state index contributed by atoms with van der Waals surface area (Å²) in [5.41, 5.74) is 2.52. The molecule has 0 spiro atoms. The molecule has 9 nitrogen and oxygen atoms in total. The Hall–Kier alpha value is -4.01. The van der Waals surface area contributed by atoms with Crippen LogP contribution in [0.15, 0.2) is 40.8 Å². The second-order valence-electron chi connectivity index (χ2n) is 7.02. The molecule has 1 aromatic heterocycles. The Bertz CT molecular complexity index is 1170. The van der Waals surface area contributed by atoms with E-state index in [2.05, 4.69) is 10.6 Å². The Morgan fingerprint density at radius 3 is 2.47 bits per heavy atom. The van der Waals surface area contributed by atoms with Gasteiger partial charge in [0, 0.05) is 10.9 Å². The Labute approximate surface area is 184 Å². The van der Waals surface area contributed by atoms with Gasteiger partial charge in [-0.05, 0) is 49.7 Å². The molecule has 3 rings (SSSR count). The van der Waals surface area contributed by atoms with Crippen LogP contribution in [0.2, 0.25) is 0 Å². The maximum absolute atomic E-state index is 12.4. The lowest BCUT2D eigenvalue weighted by Gasteiger charge is -2.11. The monoisotopic (exact) mass is 440 g/mol. The van der Waals surface area contributed by atoms with E-state index in [0.29, 0.717) is 33.7 Å². The van der Waals surface area contributed by atoms with Gasteiger partial charge in [0.1, 0.15) is 17.1 Å². The lowest BCUT2D eigenvalue weighted by molar-refractivity contribution is -0.126. The number of carbonyl (C=O) groups excluding carboxylic acids is 3. The summed E-state index contributed by atoms with van der Waals surface area (Å²) in [5, 5.41) is 5.78. The van der Waals surface area contributed by atoms with Crippen molar-refractivity contribution in [2.45, 2.75) is 13.8 Å². The number of hydrogen-bond donors (Lipinski definition) is 2. The molecule has 2 N–H and O–H groups in total. The van der Waals surface area contributed by atoms with Crippen LogP contribution >= 0.6 is 0 Å². The number of aryl methyl sites for hydroxylation is 2. The number of furan rings is 1. The van der Waals surface area contributed by atoms with Crippen LogP contribution in [0.25, 0.3) is 11.0 Å². The number of benzene rings is 2. The van der Waals surface area contributed by atoms with Crippen molar-refractivity contribution >= 4 is 34.4 Å². The van der Waals surface area contributed by atoms with Crippen molar-refractivity contribution in [3.8, 4) is 11.5 Å². The van der Waals surface area contributed by atoms with E-state index in [-0.39, 0.29) is 12.3 Å². The van der Waals surface area contributed by atoms with Crippen molar-refractivity contribution in [3.63, 3.8) is 0 Å². The van der Waals surface area contributed by atoms with Crippen LogP contribution in [-0.4, -0.2) is 45.2 Å². The summed E-state index contributed by atoms with van der Waals surface area (Å²) in [6, 6.07) is 10.5. The van der Waals surface area contributed by atoms with Gasteiger partial charge in [0.05, 0.1) is 26.5 Å². The van der Waals surface area contributed by atoms with Gasteiger partial charge >= 0.3 is 5.97 Å². The highest BCUT2D eigenvalue weighted by Crippen LogP contribution is 2.29. The lowest BCUT2D eigenvalue weighted by Crippen LogP contribution is -2.35. The molecule has 9 heteroatoms. The van der Waals surface area contributed by atoms with Gasteiger partial charge in [-0.1, -0.05) is 6.07 Å². The van der Waals surface area contributed by atoms with Gasteiger partial charge < -0.3 is 29.3 Å². The molecule has 0 aliphatic rings. The number of fused-ring (bicyclic) bond motifs is 1. The number of ether oxygens (including phenoxy) is 3. The summed E-state index contributed by atoms with van der Waals surface area (Å²) in [6.45, 7) is 2.74. The highest BCUT2D eigenvalue weighted by Gasteiger charge is 2.20. The Morgan fingerprint density at radius 1 is 0.969 bits per heavy atom. The summed E-state index contributed by atoms with van der Waals surface area (Å²) in [7, 11) is 3.04. The number of rotatable bonds is 8. The van der Waals surface area contributed by atoms with Gasteiger partial charge in [-0.2, -0.15) is 0 Å². The van der Waals surface area contributed by atoms with Crippen LogP contribution in [0.1, 0.15) is 21.7 Å². The third-order valence-electron chi connectivity index (χ3n) is 4.74. The van der Waals surface area contributed by atoms with Crippen LogP contribution in [0, 0.1) is 13.8 Å². The molecular formula is C23H24N2O7. The topological polar surface area (TPSA) is 116 Å². The van der Waals surface area contributed by atoms with Crippen molar-refractivity contribution in [2.24, 2.45) is 0 Å². The van der Waals surface area contributed by atoms with Crippen molar-refractivity contribution in [3.05, 3.63) is 53.3 Å². The first kappa shape index (κ1) is 22.7. The van der Waals surface area contributed by atoms with E-state index in [9.17, 15) is 14.4 Å². The smallest absolute Gasteiger partial charge is 0.375 e. The minimum atomic E-state index is -0.776. The van der Waals surface area contributed by atoms with Crippen LogP contribution in [-0.2, 0) is 14.3 Å². The predicted molar refractivity (Wildman–Crippen MR) is 117 cm³/mol. The first-order valence-corrected chi connectivity index (χ1v) is 9.77. The molecule has 0 radical (unpaired) electrons. The highest BCUT2D eigenvalue weighted by molar-refractivity contribution is 5.98. The summed E-state index contributed by atoms with van der Waals surface area (Å²) in [5.74, 6) is -0.715. The maximum atomic E-state index is 12.4. The van der Waals surface area contributed by atoms with Crippen molar-refractivity contribution in [1.82, 2.24) is 5.32 Å². The molecule has 0 fully saturated rings. The standard InChI is InChI=1S/C23H24N2O7/c1-13-5-7-19(30-4)17(9-13)25-20(26)11-24-21(27)12-31-23(28)22-14(2)16-10-15(29-3)6-8-18(16)32-22/h5-10H,11-12H2,1-4H3,(H,24,27)(H,25,26). The lowest BCUT2D eigenvalue weighted by atomic mass is 10.1. The molecule has 2 aromatic carbocycles. The van der Waals surface area contributed by atoms with Crippen molar-refractivity contribution < 1.29 is 33.0 Å². The Morgan fingerprint density at radius 2 is 1.75 bits per heavy atom. The zero-order chi connectivity index (χ0) is 23.3. The minimum absolute atomic E-state index is 0.00494. The Balaban J connectivity index is 1.52. The Kier molecular flexibility index (Phi) is 6.99. The van der Waals surface area contributed by atoms with Crippen LogP contribution in [0.3, 0.4) is 0 Å². The number of methoxy groups -OCH3 is 2. The molecule has 0 aliphatic carbocycles. The first-order chi connectivity index (χ1) is 15.3. The van der Waals surface area contributed by atoms with Crippen molar-refractivity contribution in [2.75, 3.05) is 32.7 Å². The van der Waals surface area contributed by atoms with Gasteiger partial charge in [0.25, 0.3) is 5.91 Å². The largest absolute Gasteiger partial charge is 0.497 e. The molecule has 2 amide bonds. The maximum Gasteiger partial charge on any atom is 0.375 e. The minimum Gasteiger partial charge on any atom is -0.497 e. The van der Waals surface area contributed by atoms with E-state index >= 15 is 0 Å². The zero-order valence-corrected chi connectivity index (χ0v) is 18.2. The summed E-state index contributed by atoms with van der Waals surface area (Å²) < 4.78 is 21.0.